The molecule has 2 N–H and O–H groups in total. The standard InChI is InChI=1S/C51H59FN2O8/c1-4-6-29-59-50(57)54(33-37-20-15-19-35-16-7-9-21-40(35)37)47-32-45(53-58-3)42-30-36(17-11-13-26-55)41(22-12-14-27-56)48-43-31-39(60-34-38-18-8-10-23-44(38)52)24-25-46(43)62-51(47,49(42)48)61-28-5-2/h4-5,7-10,15-16,18-21,23-25,30-31,36,41,47-49,55-56H,1-2,6,11-14,17,22,26-29,32-34H2,3H3/t36-,41+,47-,48+,49+,51+/m0/s1. The van der Waals surface area contributed by atoms with Crippen LogP contribution in [-0.4, -0.2) is 72.3 Å². The van der Waals surface area contributed by atoms with E-state index in [2.05, 4.69) is 37.4 Å². The number of carbonyl (C=O) groups is 1. The van der Waals surface area contributed by atoms with Crippen LogP contribution in [-0.2, 0) is 27.5 Å². The molecule has 4 aromatic rings. The van der Waals surface area contributed by atoms with E-state index in [9.17, 15) is 19.4 Å². The normalized spacial score (nSPS) is 23.1. The summed E-state index contributed by atoms with van der Waals surface area (Å²) in [5, 5.41) is 26.6. The highest BCUT2D eigenvalue weighted by Crippen LogP contribution is 2.62. The van der Waals surface area contributed by atoms with Gasteiger partial charge in [0.25, 0.3) is 0 Å². The maximum atomic E-state index is 14.8. The Labute approximate surface area is 364 Å². The maximum absolute atomic E-state index is 14.8. The number of nitrogens with zero attached hydrogens (tertiary/aromatic N) is 2. The second-order valence-corrected chi connectivity index (χ2v) is 16.3. The fourth-order valence-electron chi connectivity index (χ4n) is 9.85. The van der Waals surface area contributed by atoms with Gasteiger partial charge in [0.15, 0.2) is 0 Å². The van der Waals surface area contributed by atoms with Gasteiger partial charge in [-0.1, -0.05) is 96.9 Å². The maximum Gasteiger partial charge on any atom is 0.410 e. The van der Waals surface area contributed by atoms with Crippen molar-refractivity contribution in [3.8, 4) is 11.5 Å². The third-order valence-electron chi connectivity index (χ3n) is 12.6. The minimum Gasteiger partial charge on any atom is -0.489 e. The van der Waals surface area contributed by atoms with Crippen LogP contribution < -0.4 is 9.47 Å². The van der Waals surface area contributed by atoms with Crippen LogP contribution in [0.25, 0.3) is 10.8 Å². The van der Waals surface area contributed by atoms with Crippen molar-refractivity contribution in [1.82, 2.24) is 4.90 Å². The Hall–Kier alpha value is -5.49. The number of carbonyl (C=O) groups excluding carboxylic acids is 1. The first-order chi connectivity index (χ1) is 30.4. The number of oxime groups is 1. The van der Waals surface area contributed by atoms with Gasteiger partial charge in [0, 0.05) is 36.7 Å². The molecule has 4 aromatic carbocycles. The monoisotopic (exact) mass is 846 g/mol. The van der Waals surface area contributed by atoms with E-state index in [-0.39, 0.29) is 69.6 Å². The van der Waals surface area contributed by atoms with Crippen molar-refractivity contribution in [2.24, 2.45) is 22.9 Å². The zero-order chi connectivity index (χ0) is 43.5. The summed E-state index contributed by atoms with van der Waals surface area (Å²) in [6.45, 7) is 8.50. The van der Waals surface area contributed by atoms with Crippen molar-refractivity contribution in [3.63, 3.8) is 0 Å². The topological polar surface area (TPSA) is 119 Å². The fourth-order valence-corrected chi connectivity index (χ4v) is 9.85. The number of allylic oxidation sites excluding steroid dienone is 1. The summed E-state index contributed by atoms with van der Waals surface area (Å²) in [5.74, 6) is -1.41. The number of fused-ring (bicyclic) bond motifs is 3. The van der Waals surface area contributed by atoms with Gasteiger partial charge in [-0.2, -0.15) is 0 Å². The molecule has 0 radical (unpaired) electrons. The number of aliphatic hydroxyl groups excluding tert-OH is 2. The first-order valence-corrected chi connectivity index (χ1v) is 21.9. The van der Waals surface area contributed by atoms with Crippen LogP contribution in [0.5, 0.6) is 11.5 Å². The van der Waals surface area contributed by atoms with Gasteiger partial charge < -0.3 is 34.0 Å². The van der Waals surface area contributed by atoms with Gasteiger partial charge in [0.1, 0.15) is 37.1 Å². The van der Waals surface area contributed by atoms with Crippen molar-refractivity contribution in [2.45, 2.75) is 82.3 Å². The highest BCUT2D eigenvalue weighted by molar-refractivity contribution is 6.03. The molecule has 1 fully saturated rings. The summed E-state index contributed by atoms with van der Waals surface area (Å²) < 4.78 is 41.6. The van der Waals surface area contributed by atoms with Gasteiger partial charge in [0.05, 0.1) is 31.4 Å². The number of hydrogen-bond donors (Lipinski definition) is 2. The predicted molar refractivity (Wildman–Crippen MR) is 238 cm³/mol. The number of rotatable bonds is 21. The second kappa shape index (κ2) is 21.1. The van der Waals surface area contributed by atoms with Crippen molar-refractivity contribution in [1.29, 1.82) is 0 Å². The van der Waals surface area contributed by atoms with Crippen molar-refractivity contribution in [2.75, 3.05) is 33.5 Å². The van der Waals surface area contributed by atoms with Crippen molar-refractivity contribution >= 4 is 22.6 Å². The minimum atomic E-state index is -1.48. The summed E-state index contributed by atoms with van der Waals surface area (Å²) in [6.07, 6.45) is 10.3. The molecule has 0 spiro atoms. The van der Waals surface area contributed by atoms with Crippen LogP contribution in [0.1, 0.15) is 74.0 Å². The third-order valence-corrected chi connectivity index (χ3v) is 12.6. The quantitative estimate of drug-likeness (QED) is 0.0484. The summed E-state index contributed by atoms with van der Waals surface area (Å²) in [7, 11) is 1.53. The highest BCUT2D eigenvalue weighted by atomic mass is 19.1. The average molecular weight is 847 g/mol. The molecule has 0 bridgehead atoms. The van der Waals surface area contributed by atoms with Gasteiger partial charge in [-0.25, -0.2) is 9.18 Å². The van der Waals surface area contributed by atoms with Crippen LogP contribution in [0, 0.1) is 23.6 Å². The lowest BCUT2D eigenvalue weighted by Gasteiger charge is -2.59. The largest absolute Gasteiger partial charge is 0.489 e. The zero-order valence-corrected chi connectivity index (χ0v) is 35.6. The number of amides is 1. The highest BCUT2D eigenvalue weighted by Gasteiger charge is 2.65. The minimum absolute atomic E-state index is 0.0128. The van der Waals surface area contributed by atoms with E-state index >= 15 is 0 Å². The molecule has 3 aliphatic rings. The molecule has 7 rings (SSSR count). The lowest BCUT2D eigenvalue weighted by atomic mass is 9.55. The van der Waals surface area contributed by atoms with Gasteiger partial charge in [-0.05, 0) is 90.1 Å². The fraction of sp³-hybridized carbons (Fsp3) is 0.412. The van der Waals surface area contributed by atoms with Gasteiger partial charge in [0.2, 0.25) is 5.79 Å². The Balaban J connectivity index is 1.43. The van der Waals surface area contributed by atoms with Crippen LogP contribution in [0.2, 0.25) is 0 Å². The van der Waals surface area contributed by atoms with E-state index < -0.39 is 23.8 Å². The molecule has 1 saturated carbocycles. The lowest BCUT2D eigenvalue weighted by Crippen LogP contribution is -2.70. The Morgan fingerprint density at radius 3 is 2.48 bits per heavy atom. The van der Waals surface area contributed by atoms with E-state index in [1.54, 1.807) is 35.3 Å². The molecular formula is C51H59FN2O8. The Kier molecular flexibility index (Phi) is 15.1. The zero-order valence-electron chi connectivity index (χ0n) is 35.6. The third kappa shape index (κ3) is 9.45. The molecule has 0 aromatic heterocycles. The summed E-state index contributed by atoms with van der Waals surface area (Å²) in [5.41, 5.74) is 3.85. The van der Waals surface area contributed by atoms with E-state index in [1.807, 2.05) is 42.5 Å². The lowest BCUT2D eigenvalue weighted by molar-refractivity contribution is -0.256. The number of hydrogen-bond acceptors (Lipinski definition) is 9. The summed E-state index contributed by atoms with van der Waals surface area (Å²) >= 11 is 0. The molecule has 0 unspecified atom stereocenters. The van der Waals surface area contributed by atoms with Crippen LogP contribution >= 0.6 is 0 Å². The van der Waals surface area contributed by atoms with E-state index in [0.717, 1.165) is 53.2 Å². The van der Waals surface area contributed by atoms with Crippen molar-refractivity contribution in [3.05, 3.63) is 144 Å². The molecular weight excluding hydrogens is 788 g/mol. The van der Waals surface area contributed by atoms with Crippen LogP contribution in [0.4, 0.5) is 9.18 Å². The first-order valence-electron chi connectivity index (χ1n) is 21.9. The van der Waals surface area contributed by atoms with Gasteiger partial charge in [-0.15, -0.1) is 13.2 Å². The molecule has 1 amide bonds. The number of halogens is 1. The van der Waals surface area contributed by atoms with Gasteiger partial charge >= 0.3 is 6.09 Å². The average Bonchev–Trinajstić information content (AvgIpc) is 3.29. The van der Waals surface area contributed by atoms with Crippen LogP contribution in [0.3, 0.4) is 0 Å². The Morgan fingerprint density at radius 1 is 0.952 bits per heavy atom. The molecule has 6 atom stereocenters. The van der Waals surface area contributed by atoms with E-state index in [4.69, 9.17) is 28.9 Å². The Bertz CT molecular complexity index is 2240. The molecule has 2 aliphatic carbocycles. The SMILES string of the molecule is C=CCCOC(=O)N(Cc1cccc2ccccc12)[C@H]1CC(=NOC)C2=C[C@H](CCCCO)[C@@H](CCCCO)[C@@H]3c4cc(OCc5ccccc5F)ccc4O[C@@]1(OCC=C)[C@H]23. The van der Waals surface area contributed by atoms with Gasteiger partial charge in [-0.3, -0.25) is 4.90 Å². The predicted octanol–water partition coefficient (Wildman–Crippen LogP) is 10.0. The van der Waals surface area contributed by atoms with E-state index in [1.165, 1.54) is 13.2 Å². The molecule has 11 heteroatoms. The molecule has 1 heterocycles. The smallest absolute Gasteiger partial charge is 0.410 e. The molecule has 62 heavy (non-hydrogen) atoms. The number of benzene rings is 4. The molecule has 10 nitrogen and oxygen atoms in total. The number of unbranched alkanes of at least 4 members (excludes halogenated alkanes) is 2. The molecule has 328 valence electrons. The second-order valence-electron chi connectivity index (χ2n) is 16.3. The summed E-state index contributed by atoms with van der Waals surface area (Å²) in [6, 6.07) is 25.7. The van der Waals surface area contributed by atoms with E-state index in [0.29, 0.717) is 42.0 Å². The molecule has 1 aliphatic heterocycles. The van der Waals surface area contributed by atoms with Crippen molar-refractivity contribution < 1.29 is 43.2 Å². The van der Waals surface area contributed by atoms with Crippen LogP contribution in [0.15, 0.2) is 127 Å². The number of aliphatic hydroxyl groups is 2. The first kappa shape index (κ1) is 44.6. The summed E-state index contributed by atoms with van der Waals surface area (Å²) in [4.78, 5) is 22.1. The Morgan fingerprint density at radius 2 is 1.71 bits per heavy atom. The number of ether oxygens (including phenoxy) is 4. The molecule has 0 saturated heterocycles.